The molecule has 300 valence electrons. The number of allylic oxidation sites excluding steroid dienone is 1. The van der Waals surface area contributed by atoms with E-state index in [1.54, 1.807) is 13.8 Å². The molecule has 4 saturated carbocycles. The van der Waals surface area contributed by atoms with Crippen molar-refractivity contribution in [1.29, 1.82) is 0 Å². The Kier molecular flexibility index (Phi) is 11.4. The van der Waals surface area contributed by atoms with E-state index in [9.17, 15) is 24.3 Å². The van der Waals surface area contributed by atoms with E-state index in [0.717, 1.165) is 82.9 Å². The van der Waals surface area contributed by atoms with Crippen LogP contribution in [0.3, 0.4) is 0 Å². The third kappa shape index (κ3) is 6.88. The monoisotopic (exact) mass is 759 g/mol. The van der Waals surface area contributed by atoms with E-state index < -0.39 is 22.9 Å². The zero-order chi connectivity index (χ0) is 38.2. The summed E-state index contributed by atoms with van der Waals surface area (Å²) in [6.45, 7) is 22.4. The maximum absolute atomic E-state index is 14.0. The Morgan fingerprint density at radius 1 is 0.906 bits per heavy atom. The Bertz CT molecular complexity index is 1500. The number of hydrogen-bond donors (Lipinski definition) is 3. The van der Waals surface area contributed by atoms with Crippen molar-refractivity contribution in [1.82, 2.24) is 15.5 Å². The molecular formula is C43H70ClN3O6. The Hall–Kier alpha value is -2.13. The molecule has 0 aromatic rings. The van der Waals surface area contributed by atoms with Crippen molar-refractivity contribution in [3.63, 3.8) is 0 Å². The fraction of sp³-hybridized carbons (Fsp3) is 0.860. The number of hydrogen-bond acceptors (Lipinski definition) is 6. The Morgan fingerprint density at radius 3 is 2.19 bits per heavy atom. The molecule has 0 spiro atoms. The molecule has 6 aliphatic rings. The zero-order valence-electron chi connectivity index (χ0n) is 34.4. The second-order valence-corrected chi connectivity index (χ2v) is 20.6. The first-order valence-electron chi connectivity index (χ1n) is 20.6. The molecule has 0 aromatic heterocycles. The zero-order valence-corrected chi connectivity index (χ0v) is 35.2. The molecule has 3 N–H and O–H groups in total. The van der Waals surface area contributed by atoms with Crippen LogP contribution in [0.5, 0.6) is 0 Å². The van der Waals surface area contributed by atoms with Crippen LogP contribution in [0.2, 0.25) is 0 Å². The first kappa shape index (κ1) is 42.0. The highest BCUT2D eigenvalue weighted by Gasteiger charge is 2.70. The van der Waals surface area contributed by atoms with Gasteiger partial charge in [-0.1, -0.05) is 48.5 Å². The van der Waals surface area contributed by atoms with Crippen molar-refractivity contribution in [2.24, 2.45) is 56.7 Å². The summed E-state index contributed by atoms with van der Waals surface area (Å²) in [7, 11) is 2.16. The van der Waals surface area contributed by atoms with Crippen LogP contribution < -0.4 is 10.6 Å². The van der Waals surface area contributed by atoms with E-state index in [0.29, 0.717) is 30.7 Å². The van der Waals surface area contributed by atoms with Crippen LogP contribution in [0, 0.1) is 56.7 Å². The average molecular weight is 761 g/mol. The van der Waals surface area contributed by atoms with Crippen LogP contribution in [0.15, 0.2) is 11.1 Å². The van der Waals surface area contributed by atoms with E-state index in [1.165, 1.54) is 5.57 Å². The molecule has 1 heterocycles. The molecular weight excluding hydrogens is 690 g/mol. The topological polar surface area (TPSA) is 125 Å². The second-order valence-electron chi connectivity index (χ2n) is 20.6. The SMILES string of the molecule is CC(C)C1=C2[C@H]3CC[C@@H]4[C@@]5(C)CC[C@H](OC(=O)CC(C)(C)C(=O)O)C(C)(C)[C@@H]5CC[C@@]4(C)[C@]3(C)CC[C@@]2(NC(=O)NCC2CCN(C)CC2)CC1=O.Cl. The number of carbonyl (C=O) groups is 4. The number of carboxylic acids is 1. The maximum atomic E-state index is 14.0. The molecule has 1 aliphatic heterocycles. The summed E-state index contributed by atoms with van der Waals surface area (Å²) in [4.78, 5) is 54.8. The number of nitrogens with one attached hydrogen (secondary N) is 2. The summed E-state index contributed by atoms with van der Waals surface area (Å²) in [5.41, 5.74) is 0.309. The number of carbonyl (C=O) groups excluding carboxylic acids is 3. The Balaban J connectivity index is 0.00000541. The minimum absolute atomic E-state index is 0. The Morgan fingerprint density at radius 2 is 1.57 bits per heavy atom. The van der Waals surface area contributed by atoms with Gasteiger partial charge in [0.2, 0.25) is 0 Å². The lowest BCUT2D eigenvalue weighted by Gasteiger charge is -2.72. The van der Waals surface area contributed by atoms with Crippen LogP contribution in [-0.4, -0.2) is 72.1 Å². The van der Waals surface area contributed by atoms with Crippen LogP contribution in [0.4, 0.5) is 4.79 Å². The normalized spacial score (nSPS) is 38.5. The summed E-state index contributed by atoms with van der Waals surface area (Å²) in [5.74, 6) is 0.498. The van der Waals surface area contributed by atoms with Crippen LogP contribution in [-0.2, 0) is 19.1 Å². The number of likely N-dealkylation sites (tertiary alicyclic amines) is 1. The molecule has 8 atom stereocenters. The lowest BCUT2D eigenvalue weighted by atomic mass is 9.33. The number of urea groups is 1. The average Bonchev–Trinajstić information content (AvgIpc) is 3.34. The number of nitrogens with zero attached hydrogens (tertiary/aromatic N) is 1. The fourth-order valence-electron chi connectivity index (χ4n) is 13.3. The number of halogens is 1. The van der Waals surface area contributed by atoms with Crippen molar-refractivity contribution >= 4 is 36.2 Å². The van der Waals surface area contributed by atoms with Crippen molar-refractivity contribution in [2.75, 3.05) is 26.7 Å². The molecule has 6 rings (SSSR count). The highest BCUT2D eigenvalue weighted by atomic mass is 35.5. The highest BCUT2D eigenvalue weighted by molar-refractivity contribution is 6.02. The number of esters is 1. The summed E-state index contributed by atoms with van der Waals surface area (Å²) in [5, 5.41) is 16.3. The number of rotatable bonds is 8. The number of ketones is 1. The standard InChI is InChI=1S/C43H69N3O6.ClH/c1-26(2)34-29(47)23-43(45-37(51)44-25-27-15-21-46(10)22-16-27)20-19-41(8)28(35(34)43)11-12-31-40(7)17-14-32(52-33(48)24-38(3,4)36(49)50)39(5,6)30(40)13-18-42(31,41)9;/h26-28,30-32H,11-25H2,1-10H3,(H,49,50)(H2,44,45,51);1H/t28-,30+,31-,32+,40+,41-,42-,43-;/m1./s1. The van der Waals surface area contributed by atoms with Crippen molar-refractivity contribution in [3.8, 4) is 0 Å². The third-order valence-corrected chi connectivity index (χ3v) is 16.6. The van der Waals surface area contributed by atoms with Crippen molar-refractivity contribution < 1.29 is 29.0 Å². The molecule has 0 radical (unpaired) electrons. The van der Waals surface area contributed by atoms with Gasteiger partial charge in [0.1, 0.15) is 6.10 Å². The highest BCUT2D eigenvalue weighted by Crippen LogP contribution is 2.76. The molecule has 53 heavy (non-hydrogen) atoms. The molecule has 0 unspecified atom stereocenters. The van der Waals surface area contributed by atoms with Gasteiger partial charge in [0.05, 0.1) is 17.4 Å². The molecule has 0 bridgehead atoms. The van der Waals surface area contributed by atoms with Gasteiger partial charge in [0.25, 0.3) is 0 Å². The summed E-state index contributed by atoms with van der Waals surface area (Å²) >= 11 is 0. The predicted octanol–water partition coefficient (Wildman–Crippen LogP) is 8.20. The van der Waals surface area contributed by atoms with Crippen LogP contribution in [0.1, 0.15) is 139 Å². The van der Waals surface area contributed by atoms with E-state index in [1.807, 2.05) is 0 Å². The van der Waals surface area contributed by atoms with Gasteiger partial charge >= 0.3 is 18.0 Å². The van der Waals surface area contributed by atoms with Crippen LogP contribution >= 0.6 is 12.4 Å². The minimum Gasteiger partial charge on any atom is -0.481 e. The first-order valence-corrected chi connectivity index (χ1v) is 20.6. The summed E-state index contributed by atoms with van der Waals surface area (Å²) in [6.07, 6.45) is 9.94. The second kappa shape index (κ2) is 14.4. The third-order valence-electron chi connectivity index (χ3n) is 16.6. The van der Waals surface area contributed by atoms with Crippen LogP contribution in [0.25, 0.3) is 0 Å². The number of amides is 2. The number of piperidine rings is 1. The maximum Gasteiger partial charge on any atom is 0.315 e. The molecule has 5 aliphatic carbocycles. The van der Waals surface area contributed by atoms with Gasteiger partial charge in [-0.05, 0) is 155 Å². The minimum atomic E-state index is -1.16. The molecule has 9 nitrogen and oxygen atoms in total. The number of Topliss-reactive ketones (excluding diaryl/α,β-unsaturated/α-hetero) is 1. The molecule has 1 saturated heterocycles. The first-order chi connectivity index (χ1) is 24.1. The summed E-state index contributed by atoms with van der Waals surface area (Å²) < 4.78 is 6.16. The van der Waals surface area contributed by atoms with Gasteiger partial charge in [0.15, 0.2) is 5.78 Å². The van der Waals surface area contributed by atoms with Gasteiger partial charge in [-0.15, -0.1) is 12.4 Å². The number of carboxylic acid groups (broad SMARTS) is 1. The van der Waals surface area contributed by atoms with E-state index >= 15 is 0 Å². The number of ether oxygens (including phenoxy) is 1. The summed E-state index contributed by atoms with van der Waals surface area (Å²) in [6, 6.07) is -0.128. The lowest BCUT2D eigenvalue weighted by Crippen LogP contribution is -2.67. The lowest BCUT2D eigenvalue weighted by molar-refractivity contribution is -0.232. The predicted molar refractivity (Wildman–Crippen MR) is 210 cm³/mol. The van der Waals surface area contributed by atoms with Gasteiger partial charge < -0.3 is 25.4 Å². The van der Waals surface area contributed by atoms with E-state index in [2.05, 4.69) is 71.0 Å². The molecule has 10 heteroatoms. The fourth-order valence-corrected chi connectivity index (χ4v) is 13.3. The Labute approximate surface area is 325 Å². The van der Waals surface area contributed by atoms with E-state index in [4.69, 9.17) is 4.74 Å². The smallest absolute Gasteiger partial charge is 0.315 e. The quantitative estimate of drug-likeness (QED) is 0.213. The number of fused-ring (bicyclic) bond motifs is 7. The van der Waals surface area contributed by atoms with Gasteiger partial charge in [-0.2, -0.15) is 0 Å². The molecule has 2 amide bonds. The largest absolute Gasteiger partial charge is 0.481 e. The van der Waals surface area contributed by atoms with Gasteiger partial charge in [-0.25, -0.2) is 4.79 Å². The van der Waals surface area contributed by atoms with Gasteiger partial charge in [0, 0.05) is 18.4 Å². The van der Waals surface area contributed by atoms with Crippen molar-refractivity contribution in [3.05, 3.63) is 11.1 Å². The number of aliphatic carboxylic acids is 1. The molecule has 5 fully saturated rings. The molecule has 0 aromatic carbocycles. The van der Waals surface area contributed by atoms with E-state index in [-0.39, 0.29) is 70.2 Å². The van der Waals surface area contributed by atoms with Crippen molar-refractivity contribution in [2.45, 2.75) is 151 Å². The van der Waals surface area contributed by atoms with Gasteiger partial charge in [-0.3, -0.25) is 14.4 Å².